The van der Waals surface area contributed by atoms with Crippen LogP contribution in [0, 0.1) is 12.7 Å². The minimum atomic E-state index is -1.07. The fourth-order valence-electron chi connectivity index (χ4n) is 4.24. The normalized spacial score (nSPS) is 15.4. The first-order valence-electron chi connectivity index (χ1n) is 10.5. The van der Waals surface area contributed by atoms with Gasteiger partial charge in [0.05, 0.1) is 5.52 Å². The number of fused-ring (bicyclic) bond motifs is 1. The molecule has 1 atom stereocenters. The van der Waals surface area contributed by atoms with E-state index in [9.17, 15) is 19.4 Å². The number of hydrogen-bond donors (Lipinski definition) is 3. The lowest BCUT2D eigenvalue weighted by atomic mass is 9.84. The lowest BCUT2D eigenvalue weighted by molar-refractivity contribution is -0.136. The molecule has 3 aromatic rings. The molecule has 0 bridgehead atoms. The largest absolute Gasteiger partial charge is 0.508 e. The summed E-state index contributed by atoms with van der Waals surface area (Å²) in [5, 5.41) is 23.5. The molecule has 1 aliphatic heterocycles. The molecule has 0 spiro atoms. The second-order valence-corrected chi connectivity index (χ2v) is 8.00. The summed E-state index contributed by atoms with van der Waals surface area (Å²) in [7, 11) is 0. The standard InChI is InChI=1S/C25H25FN2O4/c1-3-20(25(30)31)27-24-23(15-8-10-32-11-9-15)22(16-4-7-19(26)14(2)12-16)18-6-5-17(29)13-21(18)28-24/h3-7,12-13,15,20,29H,1,8-11H2,2H3,(H,27,28)(H,30,31)/t20-/m1/s1. The highest BCUT2D eigenvalue weighted by Gasteiger charge is 2.28. The first-order chi connectivity index (χ1) is 15.4. The van der Waals surface area contributed by atoms with Crippen LogP contribution in [0.3, 0.4) is 0 Å². The number of halogens is 1. The van der Waals surface area contributed by atoms with Gasteiger partial charge in [0.2, 0.25) is 0 Å². The summed E-state index contributed by atoms with van der Waals surface area (Å²) in [6, 6.07) is 8.82. The Labute approximate surface area is 185 Å². The number of aliphatic carboxylic acids is 1. The van der Waals surface area contributed by atoms with E-state index in [2.05, 4.69) is 11.9 Å². The molecular weight excluding hydrogens is 411 g/mol. The first kappa shape index (κ1) is 21.8. The number of hydrogen-bond acceptors (Lipinski definition) is 5. The lowest BCUT2D eigenvalue weighted by Gasteiger charge is -2.28. The van der Waals surface area contributed by atoms with Crippen LogP contribution in [0.4, 0.5) is 10.2 Å². The van der Waals surface area contributed by atoms with E-state index >= 15 is 0 Å². The zero-order chi connectivity index (χ0) is 22.8. The predicted molar refractivity (Wildman–Crippen MR) is 122 cm³/mol. The maximum Gasteiger partial charge on any atom is 0.330 e. The monoisotopic (exact) mass is 436 g/mol. The number of benzene rings is 2. The minimum absolute atomic E-state index is 0.0505. The molecule has 2 heterocycles. The van der Waals surface area contributed by atoms with Gasteiger partial charge in [-0.25, -0.2) is 14.2 Å². The molecule has 0 unspecified atom stereocenters. The second-order valence-electron chi connectivity index (χ2n) is 8.00. The molecule has 0 radical (unpaired) electrons. The number of carboxylic acid groups (broad SMARTS) is 1. The molecular formula is C25H25FN2O4. The Kier molecular flexibility index (Phi) is 6.10. The molecule has 32 heavy (non-hydrogen) atoms. The van der Waals surface area contributed by atoms with Crippen LogP contribution >= 0.6 is 0 Å². The number of pyridine rings is 1. The molecule has 3 N–H and O–H groups in total. The van der Waals surface area contributed by atoms with Crippen LogP contribution in [0.25, 0.3) is 22.0 Å². The highest BCUT2D eigenvalue weighted by Crippen LogP contribution is 2.43. The zero-order valence-electron chi connectivity index (χ0n) is 17.8. The van der Waals surface area contributed by atoms with Gasteiger partial charge in [-0.3, -0.25) is 0 Å². The Morgan fingerprint density at radius 3 is 2.69 bits per heavy atom. The van der Waals surface area contributed by atoms with Gasteiger partial charge < -0.3 is 20.3 Å². The molecule has 1 saturated heterocycles. The van der Waals surface area contributed by atoms with Gasteiger partial charge in [-0.2, -0.15) is 0 Å². The Bertz CT molecular complexity index is 1190. The average Bonchev–Trinajstić information content (AvgIpc) is 2.78. The van der Waals surface area contributed by atoms with E-state index < -0.39 is 12.0 Å². The van der Waals surface area contributed by atoms with Crippen molar-refractivity contribution in [2.24, 2.45) is 0 Å². The van der Waals surface area contributed by atoms with E-state index in [1.807, 2.05) is 0 Å². The molecule has 166 valence electrons. The third kappa shape index (κ3) is 4.16. The predicted octanol–water partition coefficient (Wildman–Crippen LogP) is 5.00. The number of phenols is 1. The molecule has 1 aliphatic rings. The van der Waals surface area contributed by atoms with Gasteiger partial charge in [-0.05, 0) is 66.6 Å². The smallest absolute Gasteiger partial charge is 0.330 e. The Hall–Kier alpha value is -3.45. The lowest BCUT2D eigenvalue weighted by Crippen LogP contribution is -2.28. The van der Waals surface area contributed by atoms with Crippen LogP contribution < -0.4 is 5.32 Å². The number of anilines is 1. The summed E-state index contributed by atoms with van der Waals surface area (Å²) in [4.78, 5) is 16.4. The molecule has 4 rings (SSSR count). The maximum absolute atomic E-state index is 14.1. The molecule has 1 fully saturated rings. The number of nitrogens with zero attached hydrogens (tertiary/aromatic N) is 1. The van der Waals surface area contributed by atoms with Crippen molar-refractivity contribution in [3.63, 3.8) is 0 Å². The number of nitrogens with one attached hydrogen (secondary N) is 1. The molecule has 2 aromatic carbocycles. The molecule has 1 aromatic heterocycles. The summed E-state index contributed by atoms with van der Waals surface area (Å²) < 4.78 is 19.6. The Morgan fingerprint density at radius 1 is 1.28 bits per heavy atom. The molecule has 7 heteroatoms. The van der Waals surface area contributed by atoms with Crippen molar-refractivity contribution in [3.05, 3.63) is 66.0 Å². The Balaban J connectivity index is 2.05. The van der Waals surface area contributed by atoms with E-state index in [4.69, 9.17) is 9.72 Å². The number of phenolic OH excluding ortho intramolecular Hbond substituents is 1. The number of ether oxygens (including phenoxy) is 1. The van der Waals surface area contributed by atoms with Crippen LogP contribution in [-0.4, -0.2) is 40.4 Å². The van der Waals surface area contributed by atoms with E-state index in [0.717, 1.165) is 34.9 Å². The highest BCUT2D eigenvalue weighted by molar-refractivity contribution is 6.00. The summed E-state index contributed by atoms with van der Waals surface area (Å²) in [6.07, 6.45) is 2.81. The van der Waals surface area contributed by atoms with Crippen molar-refractivity contribution in [2.75, 3.05) is 18.5 Å². The third-order valence-corrected chi connectivity index (χ3v) is 5.88. The van der Waals surface area contributed by atoms with Crippen molar-refractivity contribution < 1.29 is 24.1 Å². The third-order valence-electron chi connectivity index (χ3n) is 5.88. The second kappa shape index (κ2) is 8.96. The number of aryl methyl sites for hydroxylation is 1. The van der Waals surface area contributed by atoms with Crippen LogP contribution in [0.1, 0.15) is 29.9 Å². The summed E-state index contributed by atoms with van der Waals surface area (Å²) in [6.45, 7) is 6.51. The maximum atomic E-state index is 14.1. The SMILES string of the molecule is C=C[C@@H](Nc1nc2cc(O)ccc2c(-c2ccc(F)c(C)c2)c1C1CCOCC1)C(=O)O. The first-order valence-corrected chi connectivity index (χ1v) is 10.5. The molecule has 0 aliphatic carbocycles. The van der Waals surface area contributed by atoms with Crippen molar-refractivity contribution in [1.29, 1.82) is 0 Å². The number of rotatable bonds is 6. The fraction of sp³-hybridized carbons (Fsp3) is 0.280. The van der Waals surface area contributed by atoms with Crippen molar-refractivity contribution in [2.45, 2.75) is 31.7 Å². The highest BCUT2D eigenvalue weighted by atomic mass is 19.1. The summed E-state index contributed by atoms with van der Waals surface area (Å²) in [5.74, 6) is -0.839. The van der Waals surface area contributed by atoms with Crippen LogP contribution in [0.2, 0.25) is 0 Å². The van der Waals surface area contributed by atoms with E-state index in [0.29, 0.717) is 30.1 Å². The fourth-order valence-corrected chi connectivity index (χ4v) is 4.24. The van der Waals surface area contributed by atoms with Gasteiger partial charge in [0.15, 0.2) is 0 Å². The molecule has 0 amide bonds. The van der Waals surface area contributed by atoms with Gasteiger partial charge in [-0.15, -0.1) is 6.58 Å². The number of carboxylic acids is 1. The van der Waals surface area contributed by atoms with Gasteiger partial charge in [0.25, 0.3) is 0 Å². The van der Waals surface area contributed by atoms with Gasteiger partial charge in [0, 0.05) is 30.2 Å². The van der Waals surface area contributed by atoms with E-state index in [-0.39, 0.29) is 17.5 Å². The van der Waals surface area contributed by atoms with Crippen LogP contribution in [0.15, 0.2) is 49.1 Å². The Morgan fingerprint density at radius 2 is 2.03 bits per heavy atom. The molecule has 6 nitrogen and oxygen atoms in total. The van der Waals surface area contributed by atoms with Crippen LogP contribution in [-0.2, 0) is 9.53 Å². The van der Waals surface area contributed by atoms with Gasteiger partial charge in [0.1, 0.15) is 23.4 Å². The quantitative estimate of drug-likeness (QED) is 0.471. The number of aromatic nitrogens is 1. The summed E-state index contributed by atoms with van der Waals surface area (Å²) in [5.41, 5.74) is 3.53. The number of carbonyl (C=O) groups is 1. The van der Waals surface area contributed by atoms with Crippen molar-refractivity contribution in [3.8, 4) is 16.9 Å². The zero-order valence-corrected chi connectivity index (χ0v) is 17.8. The van der Waals surface area contributed by atoms with Gasteiger partial charge in [-0.1, -0.05) is 12.1 Å². The van der Waals surface area contributed by atoms with Crippen molar-refractivity contribution in [1.82, 2.24) is 4.98 Å². The topological polar surface area (TPSA) is 91.7 Å². The van der Waals surface area contributed by atoms with Gasteiger partial charge >= 0.3 is 5.97 Å². The van der Waals surface area contributed by atoms with Crippen LogP contribution in [0.5, 0.6) is 5.75 Å². The van der Waals surface area contributed by atoms with E-state index in [1.54, 1.807) is 31.2 Å². The van der Waals surface area contributed by atoms with Crippen molar-refractivity contribution >= 4 is 22.7 Å². The molecule has 0 saturated carbocycles. The average molecular weight is 436 g/mol. The summed E-state index contributed by atoms with van der Waals surface area (Å²) >= 11 is 0. The minimum Gasteiger partial charge on any atom is -0.508 e. The number of aromatic hydroxyl groups is 1. The van der Waals surface area contributed by atoms with E-state index in [1.165, 1.54) is 18.2 Å².